The van der Waals surface area contributed by atoms with Crippen molar-refractivity contribution in [2.45, 2.75) is 0 Å². The highest BCUT2D eigenvalue weighted by molar-refractivity contribution is 5.73. The first kappa shape index (κ1) is 5.03. The summed E-state index contributed by atoms with van der Waals surface area (Å²) < 4.78 is 15.9. The molecule has 0 unspecified atom stereocenters. The Labute approximate surface area is 44.9 Å². The summed E-state index contributed by atoms with van der Waals surface area (Å²) in [5.74, 6) is 0. The van der Waals surface area contributed by atoms with E-state index in [-0.39, 0.29) is 5.56 Å². The zero-order valence-electron chi connectivity index (χ0n) is 3.93. The lowest BCUT2D eigenvalue weighted by Gasteiger charge is -1.64. The zero-order chi connectivity index (χ0) is 5.98. The van der Waals surface area contributed by atoms with Crippen LogP contribution in [0.2, 0.25) is 0 Å². The zero-order valence-corrected chi connectivity index (χ0v) is 3.93. The molecule has 0 aliphatic heterocycles. The van der Waals surface area contributed by atoms with Gasteiger partial charge in [-0.25, -0.2) is 0 Å². The van der Waals surface area contributed by atoms with Crippen LogP contribution in [0.15, 0.2) is 16.7 Å². The number of rotatable bonds is 1. The third kappa shape index (κ3) is 0.753. The maximum absolute atomic E-state index is 11.8. The molecule has 0 fully saturated rings. The van der Waals surface area contributed by atoms with Gasteiger partial charge in [-0.15, -0.1) is 0 Å². The lowest BCUT2D eigenvalue weighted by molar-refractivity contribution is 0.112. The monoisotopic (exact) mass is 114 g/mol. The Kier molecular flexibility index (Phi) is 1.12. The molecular formula is C5H3FO2. The van der Waals surface area contributed by atoms with E-state index in [1.54, 1.807) is 0 Å². The maximum Gasteiger partial charge on any atom is 0.278 e. The standard InChI is InChI=1S/C5H3FO2/c6-5-1-4(2-7)3-8-5/h1-3H. The number of hydrogen-bond donors (Lipinski definition) is 0. The van der Waals surface area contributed by atoms with Gasteiger partial charge in [-0.05, 0) is 0 Å². The Hall–Kier alpha value is -1.12. The van der Waals surface area contributed by atoms with Crippen LogP contribution in [0.3, 0.4) is 0 Å². The van der Waals surface area contributed by atoms with Crippen molar-refractivity contribution in [2.75, 3.05) is 0 Å². The van der Waals surface area contributed by atoms with Gasteiger partial charge >= 0.3 is 0 Å². The van der Waals surface area contributed by atoms with E-state index in [4.69, 9.17) is 0 Å². The van der Waals surface area contributed by atoms with Gasteiger partial charge in [0.1, 0.15) is 6.26 Å². The van der Waals surface area contributed by atoms with Crippen LogP contribution in [0, 0.1) is 6.01 Å². The predicted octanol–water partition coefficient (Wildman–Crippen LogP) is 1.23. The largest absolute Gasteiger partial charge is 0.439 e. The van der Waals surface area contributed by atoms with Gasteiger partial charge in [0.25, 0.3) is 6.01 Å². The van der Waals surface area contributed by atoms with Crippen LogP contribution in [0.25, 0.3) is 0 Å². The van der Waals surface area contributed by atoms with Crippen LogP contribution in [0.5, 0.6) is 0 Å². The van der Waals surface area contributed by atoms with E-state index < -0.39 is 6.01 Å². The topological polar surface area (TPSA) is 30.2 Å². The smallest absolute Gasteiger partial charge is 0.278 e. The predicted molar refractivity (Wildman–Crippen MR) is 24.1 cm³/mol. The Bertz CT molecular complexity index is 192. The molecule has 0 aliphatic rings. The second-order valence-corrected chi connectivity index (χ2v) is 1.30. The summed E-state index contributed by atoms with van der Waals surface area (Å²) in [6, 6.07) is 0.291. The van der Waals surface area contributed by atoms with E-state index in [9.17, 15) is 9.18 Å². The quantitative estimate of drug-likeness (QED) is 0.514. The van der Waals surface area contributed by atoms with Gasteiger partial charge < -0.3 is 4.42 Å². The van der Waals surface area contributed by atoms with Crippen LogP contribution in [-0.2, 0) is 0 Å². The molecule has 0 aliphatic carbocycles. The highest BCUT2D eigenvalue weighted by atomic mass is 19.1. The highest BCUT2D eigenvalue weighted by Crippen LogP contribution is 2.01. The molecule has 0 amide bonds. The molecular weight excluding hydrogens is 111 g/mol. The van der Waals surface area contributed by atoms with Crippen molar-refractivity contribution >= 4 is 6.29 Å². The molecule has 0 aromatic carbocycles. The van der Waals surface area contributed by atoms with Crippen molar-refractivity contribution in [3.8, 4) is 0 Å². The second kappa shape index (κ2) is 1.78. The second-order valence-electron chi connectivity index (χ2n) is 1.30. The Balaban J connectivity index is 3.00. The minimum Gasteiger partial charge on any atom is -0.439 e. The lowest BCUT2D eigenvalue weighted by atomic mass is 10.4. The number of furan rings is 1. The van der Waals surface area contributed by atoms with E-state index in [1.807, 2.05) is 0 Å². The molecule has 1 aromatic heterocycles. The van der Waals surface area contributed by atoms with Gasteiger partial charge in [0.15, 0.2) is 6.29 Å². The van der Waals surface area contributed by atoms with Gasteiger partial charge in [0, 0.05) is 6.07 Å². The molecule has 0 spiro atoms. The molecule has 0 atom stereocenters. The summed E-state index contributed by atoms with van der Waals surface area (Å²) in [6.45, 7) is 0. The number of halogens is 1. The first-order chi connectivity index (χ1) is 3.83. The van der Waals surface area contributed by atoms with E-state index in [0.29, 0.717) is 6.29 Å². The Morgan fingerprint density at radius 3 is 2.75 bits per heavy atom. The summed E-state index contributed by atoms with van der Waals surface area (Å²) >= 11 is 0. The molecule has 2 nitrogen and oxygen atoms in total. The molecule has 0 bridgehead atoms. The van der Waals surface area contributed by atoms with Gasteiger partial charge in [-0.1, -0.05) is 0 Å². The molecule has 3 heteroatoms. The van der Waals surface area contributed by atoms with Crippen molar-refractivity contribution in [1.82, 2.24) is 0 Å². The van der Waals surface area contributed by atoms with Crippen molar-refractivity contribution < 1.29 is 13.6 Å². The number of carbonyl (C=O) groups excluding carboxylic acids is 1. The van der Waals surface area contributed by atoms with Gasteiger partial charge in [0.05, 0.1) is 5.56 Å². The highest BCUT2D eigenvalue weighted by Gasteiger charge is 1.95. The van der Waals surface area contributed by atoms with E-state index in [1.165, 1.54) is 0 Å². The molecule has 0 N–H and O–H groups in total. The number of hydrogen-bond acceptors (Lipinski definition) is 2. The van der Waals surface area contributed by atoms with Crippen molar-refractivity contribution in [1.29, 1.82) is 0 Å². The van der Waals surface area contributed by atoms with Crippen molar-refractivity contribution in [3.63, 3.8) is 0 Å². The molecule has 0 saturated heterocycles. The van der Waals surface area contributed by atoms with Crippen LogP contribution < -0.4 is 0 Å². The van der Waals surface area contributed by atoms with Crippen LogP contribution in [0.1, 0.15) is 10.4 Å². The normalized spacial score (nSPS) is 9.12. The third-order valence-corrected chi connectivity index (χ3v) is 0.724. The molecule has 0 saturated carbocycles. The van der Waals surface area contributed by atoms with Crippen LogP contribution in [0.4, 0.5) is 4.39 Å². The van der Waals surface area contributed by atoms with Crippen LogP contribution in [-0.4, -0.2) is 6.29 Å². The molecule has 42 valence electrons. The summed E-state index contributed by atoms with van der Waals surface area (Å²) in [5.41, 5.74) is 0.225. The van der Waals surface area contributed by atoms with E-state index >= 15 is 0 Å². The summed E-state index contributed by atoms with van der Waals surface area (Å²) in [7, 11) is 0. The molecule has 1 heterocycles. The molecule has 1 rings (SSSR count). The SMILES string of the molecule is O=Cc1coc(F)c1. The Morgan fingerprint density at radius 1 is 1.75 bits per heavy atom. The summed E-state index contributed by atoms with van der Waals surface area (Å²) in [6.07, 6.45) is 1.58. The van der Waals surface area contributed by atoms with Gasteiger partial charge in [0.2, 0.25) is 0 Å². The van der Waals surface area contributed by atoms with E-state index in [2.05, 4.69) is 4.42 Å². The fourth-order valence-corrected chi connectivity index (χ4v) is 0.385. The number of carbonyl (C=O) groups is 1. The summed E-state index contributed by atoms with van der Waals surface area (Å²) in [5, 5.41) is 0. The average Bonchev–Trinajstić information content (AvgIpc) is 2.14. The fraction of sp³-hybridized carbons (Fsp3) is 0. The molecule has 1 aromatic rings. The minimum atomic E-state index is -0.730. The minimum absolute atomic E-state index is 0.225. The van der Waals surface area contributed by atoms with E-state index in [0.717, 1.165) is 12.3 Å². The molecule has 8 heavy (non-hydrogen) atoms. The Morgan fingerprint density at radius 2 is 2.50 bits per heavy atom. The molecule has 0 radical (unpaired) electrons. The average molecular weight is 114 g/mol. The first-order valence-corrected chi connectivity index (χ1v) is 2.02. The van der Waals surface area contributed by atoms with Gasteiger partial charge in [-0.3, -0.25) is 4.79 Å². The summed E-state index contributed by atoms with van der Waals surface area (Å²) in [4.78, 5) is 9.79. The number of aldehydes is 1. The first-order valence-electron chi connectivity index (χ1n) is 2.02. The lowest BCUT2D eigenvalue weighted by Crippen LogP contribution is -1.66. The maximum atomic E-state index is 11.8. The van der Waals surface area contributed by atoms with Crippen LogP contribution >= 0.6 is 0 Å². The third-order valence-electron chi connectivity index (χ3n) is 0.724. The fourth-order valence-electron chi connectivity index (χ4n) is 0.385. The van der Waals surface area contributed by atoms with Crippen molar-refractivity contribution in [2.24, 2.45) is 0 Å². The van der Waals surface area contributed by atoms with Crippen molar-refractivity contribution in [3.05, 3.63) is 23.9 Å². The van der Waals surface area contributed by atoms with Gasteiger partial charge in [-0.2, -0.15) is 4.39 Å².